The molecule has 0 saturated heterocycles. The van der Waals surface area contributed by atoms with Gasteiger partial charge in [0, 0.05) is 5.56 Å². The zero-order valence-electron chi connectivity index (χ0n) is 10.4. The molecule has 1 aromatic carbocycles. The fraction of sp³-hybridized carbons (Fsp3) is 0.571. The number of alkyl halides is 3. The van der Waals surface area contributed by atoms with Crippen molar-refractivity contribution >= 4 is 0 Å². The van der Waals surface area contributed by atoms with Crippen molar-refractivity contribution in [2.45, 2.75) is 44.4 Å². The third-order valence-electron chi connectivity index (χ3n) is 3.75. The second-order valence-corrected chi connectivity index (χ2v) is 5.05. The van der Waals surface area contributed by atoms with Crippen molar-refractivity contribution < 1.29 is 22.7 Å². The summed E-state index contributed by atoms with van der Waals surface area (Å²) in [5, 5.41) is 10.1. The van der Waals surface area contributed by atoms with E-state index in [9.17, 15) is 22.7 Å². The van der Waals surface area contributed by atoms with E-state index in [1.165, 1.54) is 6.07 Å². The van der Waals surface area contributed by atoms with Crippen LogP contribution in [0, 0.1) is 11.7 Å². The molecule has 1 aliphatic rings. The van der Waals surface area contributed by atoms with Crippen molar-refractivity contribution in [2.24, 2.45) is 5.92 Å². The van der Waals surface area contributed by atoms with E-state index >= 15 is 0 Å². The molecule has 1 atom stereocenters. The largest absolute Gasteiger partial charge is 0.419 e. The van der Waals surface area contributed by atoms with Crippen LogP contribution in [0.5, 0.6) is 0 Å². The van der Waals surface area contributed by atoms with Crippen molar-refractivity contribution in [2.75, 3.05) is 0 Å². The number of hydrogen-bond donors (Lipinski definition) is 1. The first-order chi connectivity index (χ1) is 8.91. The maximum atomic E-state index is 13.9. The van der Waals surface area contributed by atoms with Gasteiger partial charge in [-0.2, -0.15) is 13.2 Å². The van der Waals surface area contributed by atoms with Crippen molar-refractivity contribution in [3.05, 3.63) is 35.1 Å². The Balaban J connectivity index is 2.29. The van der Waals surface area contributed by atoms with E-state index in [1.807, 2.05) is 0 Å². The first kappa shape index (κ1) is 14.3. The molecule has 0 aromatic heterocycles. The van der Waals surface area contributed by atoms with Gasteiger partial charge >= 0.3 is 6.18 Å². The highest BCUT2D eigenvalue weighted by Crippen LogP contribution is 2.38. The zero-order chi connectivity index (χ0) is 14.0. The fourth-order valence-corrected chi connectivity index (χ4v) is 2.70. The van der Waals surface area contributed by atoms with Crippen LogP contribution in [0.2, 0.25) is 0 Å². The quantitative estimate of drug-likeness (QED) is 0.791. The molecule has 0 bridgehead atoms. The smallest absolute Gasteiger partial charge is 0.388 e. The monoisotopic (exact) mass is 276 g/mol. The predicted octanol–water partition coefficient (Wildman–Crippen LogP) is 4.46. The lowest BCUT2D eigenvalue weighted by molar-refractivity contribution is -0.140. The lowest BCUT2D eigenvalue weighted by atomic mass is 9.82. The zero-order valence-corrected chi connectivity index (χ0v) is 10.4. The summed E-state index contributed by atoms with van der Waals surface area (Å²) < 4.78 is 51.7. The van der Waals surface area contributed by atoms with Gasteiger partial charge in [-0.1, -0.05) is 31.4 Å². The molecule has 0 aliphatic heterocycles. The molecule has 0 heterocycles. The molecule has 0 amide bonds. The van der Waals surface area contributed by atoms with Gasteiger partial charge in [-0.3, -0.25) is 0 Å². The van der Waals surface area contributed by atoms with Crippen LogP contribution >= 0.6 is 0 Å². The highest BCUT2D eigenvalue weighted by atomic mass is 19.4. The average molecular weight is 276 g/mol. The molecule has 5 heteroatoms. The number of aliphatic hydroxyl groups is 1. The fourth-order valence-electron chi connectivity index (χ4n) is 2.70. The second kappa shape index (κ2) is 5.49. The molecule has 2 rings (SSSR count). The molecule has 1 unspecified atom stereocenters. The molecule has 1 fully saturated rings. The Morgan fingerprint density at radius 1 is 1.11 bits per heavy atom. The van der Waals surface area contributed by atoms with Gasteiger partial charge in [-0.25, -0.2) is 4.39 Å². The van der Waals surface area contributed by atoms with Crippen LogP contribution in [0.3, 0.4) is 0 Å². The predicted molar refractivity (Wildman–Crippen MR) is 62.9 cm³/mol. The molecule has 1 N–H and O–H groups in total. The molecular weight excluding hydrogens is 260 g/mol. The Kier molecular flexibility index (Phi) is 4.13. The van der Waals surface area contributed by atoms with Gasteiger partial charge in [-0.15, -0.1) is 0 Å². The SMILES string of the molecule is OC(c1cccc(C(F)(F)F)c1F)C1CCCCC1. The first-order valence-electron chi connectivity index (χ1n) is 6.45. The van der Waals surface area contributed by atoms with Crippen LogP contribution < -0.4 is 0 Å². The van der Waals surface area contributed by atoms with Crippen LogP contribution in [-0.2, 0) is 6.18 Å². The van der Waals surface area contributed by atoms with Crippen LogP contribution in [0.25, 0.3) is 0 Å². The van der Waals surface area contributed by atoms with Gasteiger partial charge in [0.1, 0.15) is 5.82 Å². The van der Waals surface area contributed by atoms with Gasteiger partial charge in [-0.05, 0) is 24.8 Å². The van der Waals surface area contributed by atoms with Gasteiger partial charge in [0.25, 0.3) is 0 Å². The Morgan fingerprint density at radius 2 is 1.74 bits per heavy atom. The summed E-state index contributed by atoms with van der Waals surface area (Å²) in [6.07, 6.45) is -1.48. The maximum absolute atomic E-state index is 13.9. The maximum Gasteiger partial charge on any atom is 0.419 e. The minimum atomic E-state index is -4.73. The lowest BCUT2D eigenvalue weighted by Crippen LogP contribution is -2.19. The van der Waals surface area contributed by atoms with Crippen molar-refractivity contribution in [1.82, 2.24) is 0 Å². The molecule has 106 valence electrons. The molecule has 1 nitrogen and oxygen atoms in total. The van der Waals surface area contributed by atoms with E-state index in [-0.39, 0.29) is 11.5 Å². The molecule has 1 aliphatic carbocycles. The minimum Gasteiger partial charge on any atom is -0.388 e. The van der Waals surface area contributed by atoms with Crippen molar-refractivity contribution in [1.29, 1.82) is 0 Å². The number of rotatable bonds is 2. The Hall–Kier alpha value is -1.10. The van der Waals surface area contributed by atoms with Gasteiger partial charge in [0.2, 0.25) is 0 Å². The summed E-state index contributed by atoms with van der Waals surface area (Å²) in [6, 6.07) is 3.09. The normalized spacial score (nSPS) is 19.4. The minimum absolute atomic E-state index is 0.147. The molecule has 1 saturated carbocycles. The van der Waals surface area contributed by atoms with E-state index < -0.39 is 23.7 Å². The molecule has 1 aromatic rings. The number of halogens is 4. The Bertz CT molecular complexity index is 436. The molecule has 0 spiro atoms. The Morgan fingerprint density at radius 3 is 2.32 bits per heavy atom. The molecular formula is C14H16F4O. The van der Waals surface area contributed by atoms with Gasteiger partial charge in [0.15, 0.2) is 0 Å². The van der Waals surface area contributed by atoms with E-state index in [2.05, 4.69) is 0 Å². The highest BCUT2D eigenvalue weighted by Gasteiger charge is 2.36. The Labute approximate surface area is 109 Å². The summed E-state index contributed by atoms with van der Waals surface area (Å²) in [7, 11) is 0. The topological polar surface area (TPSA) is 20.2 Å². The third kappa shape index (κ3) is 3.08. The summed E-state index contributed by atoms with van der Waals surface area (Å²) in [5.41, 5.74) is -1.54. The summed E-state index contributed by atoms with van der Waals surface area (Å²) >= 11 is 0. The van der Waals surface area contributed by atoms with Crippen LogP contribution in [0.1, 0.15) is 49.3 Å². The van der Waals surface area contributed by atoms with Gasteiger partial charge in [0.05, 0.1) is 11.7 Å². The summed E-state index contributed by atoms with van der Waals surface area (Å²) in [4.78, 5) is 0. The molecule has 0 radical (unpaired) electrons. The van der Waals surface area contributed by atoms with E-state index in [1.54, 1.807) is 0 Å². The summed E-state index contributed by atoms with van der Waals surface area (Å²) in [6.45, 7) is 0. The standard InChI is InChI=1S/C14H16F4O/c15-12-10(7-4-8-11(12)14(16,17)18)13(19)9-5-2-1-3-6-9/h4,7-9,13,19H,1-3,5-6H2. The number of benzene rings is 1. The van der Waals surface area contributed by atoms with Crippen molar-refractivity contribution in [3.8, 4) is 0 Å². The highest BCUT2D eigenvalue weighted by molar-refractivity contribution is 5.30. The third-order valence-corrected chi connectivity index (χ3v) is 3.75. The number of hydrogen-bond acceptors (Lipinski definition) is 1. The van der Waals surface area contributed by atoms with E-state index in [0.29, 0.717) is 6.07 Å². The van der Waals surface area contributed by atoms with Crippen LogP contribution in [0.15, 0.2) is 18.2 Å². The number of aliphatic hydroxyl groups excluding tert-OH is 1. The average Bonchev–Trinajstić information content (AvgIpc) is 2.38. The van der Waals surface area contributed by atoms with Gasteiger partial charge < -0.3 is 5.11 Å². The van der Waals surface area contributed by atoms with Crippen LogP contribution in [-0.4, -0.2) is 5.11 Å². The van der Waals surface area contributed by atoms with E-state index in [0.717, 1.165) is 38.2 Å². The van der Waals surface area contributed by atoms with Crippen LogP contribution in [0.4, 0.5) is 17.6 Å². The molecule has 19 heavy (non-hydrogen) atoms. The first-order valence-corrected chi connectivity index (χ1v) is 6.45. The lowest BCUT2D eigenvalue weighted by Gasteiger charge is -2.27. The van der Waals surface area contributed by atoms with Crippen molar-refractivity contribution in [3.63, 3.8) is 0 Å². The van der Waals surface area contributed by atoms with E-state index in [4.69, 9.17) is 0 Å². The second-order valence-electron chi connectivity index (χ2n) is 5.05. The summed E-state index contributed by atoms with van der Waals surface area (Å²) in [5.74, 6) is -1.49.